The molecule has 1 fully saturated rings. The van der Waals surface area contributed by atoms with E-state index in [1.807, 2.05) is 24.7 Å². The third-order valence-corrected chi connectivity index (χ3v) is 4.30. The van der Waals surface area contributed by atoms with Gasteiger partial charge in [0.05, 0.1) is 17.9 Å². The standard InChI is InChI=1S/C15H22N4O/c1-10-8-13(20-17-10)9-19-7-5-6-14(19)15-11(2)16-18(4)12(15)3/h8,14H,5-7,9H2,1-4H3. The van der Waals surface area contributed by atoms with E-state index in [0.717, 1.165) is 30.2 Å². The van der Waals surface area contributed by atoms with Crippen LogP contribution in [-0.2, 0) is 13.6 Å². The van der Waals surface area contributed by atoms with Crippen molar-refractivity contribution in [1.29, 1.82) is 0 Å². The highest BCUT2D eigenvalue weighted by Gasteiger charge is 2.30. The molecule has 0 saturated carbocycles. The third-order valence-electron chi connectivity index (χ3n) is 4.30. The third kappa shape index (κ3) is 2.26. The van der Waals surface area contributed by atoms with Crippen molar-refractivity contribution in [3.05, 3.63) is 34.5 Å². The lowest BCUT2D eigenvalue weighted by Crippen LogP contribution is -2.23. The van der Waals surface area contributed by atoms with E-state index in [1.54, 1.807) is 0 Å². The lowest BCUT2D eigenvalue weighted by Gasteiger charge is -2.23. The summed E-state index contributed by atoms with van der Waals surface area (Å²) < 4.78 is 7.35. The summed E-state index contributed by atoms with van der Waals surface area (Å²) in [5, 5.41) is 8.53. The SMILES string of the molecule is Cc1cc(CN2CCCC2c2c(C)nn(C)c2C)on1. The monoisotopic (exact) mass is 274 g/mol. The number of rotatable bonds is 3. The molecule has 3 heterocycles. The minimum Gasteiger partial charge on any atom is -0.360 e. The molecule has 1 unspecified atom stereocenters. The number of hydrogen-bond donors (Lipinski definition) is 0. The minimum atomic E-state index is 0.453. The van der Waals surface area contributed by atoms with Gasteiger partial charge in [-0.25, -0.2) is 0 Å². The predicted molar refractivity (Wildman–Crippen MR) is 76.3 cm³/mol. The van der Waals surface area contributed by atoms with E-state index in [4.69, 9.17) is 4.52 Å². The molecule has 3 rings (SSSR count). The molecule has 0 aromatic carbocycles. The van der Waals surface area contributed by atoms with Gasteiger partial charge in [0.1, 0.15) is 0 Å². The van der Waals surface area contributed by atoms with Gasteiger partial charge in [-0.05, 0) is 40.2 Å². The highest BCUT2D eigenvalue weighted by atomic mass is 16.5. The van der Waals surface area contributed by atoms with Crippen LogP contribution < -0.4 is 0 Å². The van der Waals surface area contributed by atoms with Gasteiger partial charge in [-0.1, -0.05) is 5.16 Å². The zero-order valence-electron chi connectivity index (χ0n) is 12.7. The van der Waals surface area contributed by atoms with Crippen LogP contribution in [0, 0.1) is 20.8 Å². The minimum absolute atomic E-state index is 0.453. The van der Waals surface area contributed by atoms with Crippen LogP contribution in [0.4, 0.5) is 0 Å². The zero-order valence-corrected chi connectivity index (χ0v) is 12.7. The van der Waals surface area contributed by atoms with Crippen LogP contribution >= 0.6 is 0 Å². The molecule has 2 aromatic heterocycles. The molecule has 5 heteroatoms. The number of likely N-dealkylation sites (tertiary alicyclic amines) is 1. The molecule has 0 radical (unpaired) electrons. The Balaban J connectivity index is 1.85. The maximum atomic E-state index is 5.36. The van der Waals surface area contributed by atoms with Crippen molar-refractivity contribution < 1.29 is 4.52 Å². The predicted octanol–water partition coefficient (Wildman–Crippen LogP) is 2.67. The topological polar surface area (TPSA) is 47.1 Å². The number of aryl methyl sites for hydroxylation is 3. The summed E-state index contributed by atoms with van der Waals surface area (Å²) in [5.74, 6) is 0.952. The Kier molecular flexibility index (Phi) is 3.38. The van der Waals surface area contributed by atoms with Gasteiger partial charge in [0.2, 0.25) is 0 Å². The van der Waals surface area contributed by atoms with Gasteiger partial charge in [-0.3, -0.25) is 9.58 Å². The maximum absolute atomic E-state index is 5.36. The fraction of sp³-hybridized carbons (Fsp3) is 0.600. The van der Waals surface area contributed by atoms with Gasteiger partial charge in [0.15, 0.2) is 5.76 Å². The van der Waals surface area contributed by atoms with E-state index in [1.165, 1.54) is 24.1 Å². The molecule has 1 atom stereocenters. The smallest absolute Gasteiger partial charge is 0.150 e. The Morgan fingerprint density at radius 2 is 2.15 bits per heavy atom. The molecule has 0 bridgehead atoms. The van der Waals surface area contributed by atoms with E-state index in [9.17, 15) is 0 Å². The lowest BCUT2D eigenvalue weighted by molar-refractivity contribution is 0.215. The van der Waals surface area contributed by atoms with Crippen LogP contribution in [0.2, 0.25) is 0 Å². The Bertz CT molecular complexity index is 613. The largest absolute Gasteiger partial charge is 0.360 e. The first-order valence-corrected chi connectivity index (χ1v) is 7.22. The lowest BCUT2D eigenvalue weighted by atomic mass is 10.0. The van der Waals surface area contributed by atoms with Gasteiger partial charge < -0.3 is 4.52 Å². The van der Waals surface area contributed by atoms with Crippen LogP contribution in [0.5, 0.6) is 0 Å². The fourth-order valence-corrected chi connectivity index (χ4v) is 3.31. The van der Waals surface area contributed by atoms with Gasteiger partial charge in [0.25, 0.3) is 0 Å². The summed E-state index contributed by atoms with van der Waals surface area (Å²) in [6, 6.07) is 2.48. The van der Waals surface area contributed by atoms with Crippen LogP contribution in [0.3, 0.4) is 0 Å². The molecule has 0 aliphatic carbocycles. The number of aromatic nitrogens is 3. The molecular weight excluding hydrogens is 252 g/mol. The van der Waals surface area contributed by atoms with Crippen LogP contribution in [-0.4, -0.2) is 26.4 Å². The van der Waals surface area contributed by atoms with Crippen molar-refractivity contribution in [3.63, 3.8) is 0 Å². The van der Waals surface area contributed by atoms with Gasteiger partial charge in [0, 0.05) is 30.4 Å². The van der Waals surface area contributed by atoms with Gasteiger partial charge >= 0.3 is 0 Å². The highest BCUT2D eigenvalue weighted by molar-refractivity contribution is 5.29. The van der Waals surface area contributed by atoms with Crippen molar-refractivity contribution in [1.82, 2.24) is 19.8 Å². The molecular formula is C15H22N4O. The second kappa shape index (κ2) is 5.05. The Morgan fingerprint density at radius 3 is 2.75 bits per heavy atom. The van der Waals surface area contributed by atoms with Crippen molar-refractivity contribution in [2.75, 3.05) is 6.54 Å². The molecule has 1 aliphatic rings. The van der Waals surface area contributed by atoms with Crippen molar-refractivity contribution in [2.24, 2.45) is 7.05 Å². The summed E-state index contributed by atoms with van der Waals surface area (Å²) in [6.07, 6.45) is 2.42. The van der Waals surface area contributed by atoms with Crippen LogP contribution in [0.25, 0.3) is 0 Å². The second-order valence-corrected chi connectivity index (χ2v) is 5.77. The maximum Gasteiger partial charge on any atom is 0.150 e. The first kappa shape index (κ1) is 13.4. The Labute approximate surface area is 119 Å². The fourth-order valence-electron chi connectivity index (χ4n) is 3.31. The molecule has 0 spiro atoms. The van der Waals surface area contributed by atoms with E-state index in [-0.39, 0.29) is 0 Å². The average molecular weight is 274 g/mol. The Hall–Kier alpha value is -1.62. The summed E-state index contributed by atoms with van der Waals surface area (Å²) >= 11 is 0. The normalized spacial score (nSPS) is 19.9. The highest BCUT2D eigenvalue weighted by Crippen LogP contribution is 2.36. The van der Waals surface area contributed by atoms with Crippen molar-refractivity contribution >= 4 is 0 Å². The first-order chi connectivity index (χ1) is 9.56. The van der Waals surface area contributed by atoms with Crippen molar-refractivity contribution in [3.8, 4) is 0 Å². The molecule has 0 amide bonds. The summed E-state index contributed by atoms with van der Waals surface area (Å²) in [7, 11) is 2.02. The molecule has 2 aromatic rings. The summed E-state index contributed by atoms with van der Waals surface area (Å²) in [4.78, 5) is 2.48. The summed E-state index contributed by atoms with van der Waals surface area (Å²) in [5.41, 5.74) is 4.76. The van der Waals surface area contributed by atoms with E-state index >= 15 is 0 Å². The van der Waals surface area contributed by atoms with Crippen LogP contribution in [0.1, 0.15) is 47.3 Å². The molecule has 0 N–H and O–H groups in total. The number of nitrogens with zero attached hydrogens (tertiary/aromatic N) is 4. The second-order valence-electron chi connectivity index (χ2n) is 5.77. The Morgan fingerprint density at radius 1 is 1.35 bits per heavy atom. The molecule has 5 nitrogen and oxygen atoms in total. The van der Waals surface area contributed by atoms with Crippen LogP contribution in [0.15, 0.2) is 10.6 Å². The van der Waals surface area contributed by atoms with Crippen molar-refractivity contribution in [2.45, 2.75) is 46.2 Å². The van der Waals surface area contributed by atoms with E-state index in [2.05, 4.69) is 29.0 Å². The summed E-state index contributed by atoms with van der Waals surface area (Å²) in [6.45, 7) is 8.17. The molecule has 1 saturated heterocycles. The quantitative estimate of drug-likeness (QED) is 0.863. The average Bonchev–Trinajstić information content (AvgIpc) is 3.05. The van der Waals surface area contributed by atoms with Gasteiger partial charge in [-0.2, -0.15) is 5.10 Å². The van der Waals surface area contributed by atoms with E-state index in [0.29, 0.717) is 6.04 Å². The molecule has 108 valence electrons. The number of hydrogen-bond acceptors (Lipinski definition) is 4. The van der Waals surface area contributed by atoms with E-state index < -0.39 is 0 Å². The zero-order chi connectivity index (χ0) is 14.3. The van der Waals surface area contributed by atoms with Gasteiger partial charge in [-0.15, -0.1) is 0 Å². The molecule has 1 aliphatic heterocycles. The first-order valence-electron chi connectivity index (χ1n) is 7.22. The molecule has 20 heavy (non-hydrogen) atoms.